The van der Waals surface area contributed by atoms with Gasteiger partial charge in [-0.3, -0.25) is 0 Å². The highest BCUT2D eigenvalue weighted by atomic mass is 35.5. The molecule has 0 unspecified atom stereocenters. The number of halogens is 2. The van der Waals surface area contributed by atoms with Crippen molar-refractivity contribution >= 4 is 41.6 Å². The Morgan fingerprint density at radius 3 is 3.10 bits per heavy atom. The average Bonchev–Trinajstić information content (AvgIpc) is 2.38. The van der Waals surface area contributed by atoms with Crippen LogP contribution in [0.4, 0.5) is 4.79 Å². The molecule has 0 atom stereocenters. The molecule has 1 amide bonds. The lowest BCUT2D eigenvalue weighted by molar-refractivity contribution is 0.152. The summed E-state index contributed by atoms with van der Waals surface area (Å²) in [5.41, 5.74) is 3.78. The van der Waals surface area contributed by atoms with E-state index in [1.165, 1.54) is 6.21 Å². The van der Waals surface area contributed by atoms with Gasteiger partial charge in [-0.1, -0.05) is 23.2 Å². The monoisotopic (exact) mass is 314 g/mol. The number of benzene rings is 1. The van der Waals surface area contributed by atoms with Gasteiger partial charge in [0.15, 0.2) is 0 Å². The Labute approximate surface area is 126 Å². The molecule has 1 aliphatic heterocycles. The zero-order valence-corrected chi connectivity index (χ0v) is 12.2. The van der Waals surface area contributed by atoms with E-state index in [0.29, 0.717) is 22.4 Å². The maximum absolute atomic E-state index is 11.0. The summed E-state index contributed by atoms with van der Waals surface area (Å²) < 4.78 is 10.2. The van der Waals surface area contributed by atoms with Crippen molar-refractivity contribution in [2.45, 2.75) is 6.92 Å². The van der Waals surface area contributed by atoms with E-state index in [-0.39, 0.29) is 6.61 Å². The minimum atomic E-state index is -0.604. The number of hydrogen-bond donors (Lipinski definition) is 1. The van der Waals surface area contributed by atoms with Crippen LogP contribution < -0.4 is 10.2 Å². The van der Waals surface area contributed by atoms with Crippen LogP contribution in [0.25, 0.3) is 6.08 Å². The van der Waals surface area contributed by atoms with Crippen molar-refractivity contribution in [3.8, 4) is 5.75 Å². The lowest BCUT2D eigenvalue weighted by Crippen LogP contribution is -2.19. The van der Waals surface area contributed by atoms with Crippen molar-refractivity contribution in [2.24, 2.45) is 5.10 Å². The lowest BCUT2D eigenvalue weighted by atomic mass is 10.1. The van der Waals surface area contributed by atoms with Gasteiger partial charge < -0.3 is 9.47 Å². The second-order valence-corrected chi connectivity index (χ2v) is 4.75. The fraction of sp³-hybridized carbons (Fsp3) is 0.231. The normalized spacial score (nSPS) is 13.4. The molecule has 1 aromatic carbocycles. The molecule has 106 valence electrons. The molecule has 1 N–H and O–H groups in total. The number of nitrogens with one attached hydrogen (secondary N) is 1. The average molecular weight is 315 g/mol. The summed E-state index contributed by atoms with van der Waals surface area (Å²) >= 11 is 12.0. The molecule has 7 heteroatoms. The van der Waals surface area contributed by atoms with Crippen LogP contribution in [0.5, 0.6) is 5.75 Å². The van der Waals surface area contributed by atoms with Crippen LogP contribution in [0.15, 0.2) is 22.8 Å². The Morgan fingerprint density at radius 1 is 1.55 bits per heavy atom. The first-order chi connectivity index (χ1) is 9.60. The van der Waals surface area contributed by atoms with E-state index >= 15 is 0 Å². The molecular formula is C13H12Cl2N2O3. The molecule has 1 aliphatic rings. The third kappa shape index (κ3) is 3.65. The van der Waals surface area contributed by atoms with Gasteiger partial charge in [-0.05, 0) is 25.1 Å². The molecule has 0 fully saturated rings. The van der Waals surface area contributed by atoms with E-state index in [2.05, 4.69) is 15.3 Å². The molecule has 1 heterocycles. The maximum atomic E-state index is 11.0. The van der Waals surface area contributed by atoms with Gasteiger partial charge >= 0.3 is 6.09 Å². The van der Waals surface area contributed by atoms with Crippen molar-refractivity contribution in [1.82, 2.24) is 5.43 Å². The van der Waals surface area contributed by atoms with Crippen LogP contribution in [-0.2, 0) is 4.74 Å². The maximum Gasteiger partial charge on any atom is 0.427 e. The van der Waals surface area contributed by atoms with Gasteiger partial charge in [-0.15, -0.1) is 0 Å². The Morgan fingerprint density at radius 2 is 2.35 bits per heavy atom. The molecule has 0 aromatic heterocycles. The molecule has 5 nitrogen and oxygen atoms in total. The smallest absolute Gasteiger partial charge is 0.427 e. The number of rotatable bonds is 3. The number of carbonyl (C=O) groups excluding carboxylic acids is 1. The van der Waals surface area contributed by atoms with Gasteiger partial charge in [-0.25, -0.2) is 10.2 Å². The Hall–Kier alpha value is -1.72. The molecule has 0 aliphatic carbocycles. The summed E-state index contributed by atoms with van der Waals surface area (Å²) in [6.45, 7) is 2.31. The first kappa shape index (κ1) is 14.7. The minimum Gasteiger partial charge on any atom is -0.487 e. The number of hydrogen-bond acceptors (Lipinski definition) is 4. The van der Waals surface area contributed by atoms with E-state index < -0.39 is 6.09 Å². The Kier molecular flexibility index (Phi) is 4.87. The lowest BCUT2D eigenvalue weighted by Gasteiger charge is -2.17. The van der Waals surface area contributed by atoms with Crippen LogP contribution in [0.1, 0.15) is 12.5 Å². The number of fused-ring (bicyclic) bond motifs is 1. The summed E-state index contributed by atoms with van der Waals surface area (Å²) in [5, 5.41) is 4.75. The highest BCUT2D eigenvalue weighted by molar-refractivity contribution is 6.36. The SMILES string of the molecule is CCOC(=O)N/N=C/C1=Cc2cc(Cl)cc(Cl)c2OC1. The van der Waals surface area contributed by atoms with E-state index in [1.807, 2.05) is 6.08 Å². The van der Waals surface area contributed by atoms with Crippen molar-refractivity contribution in [2.75, 3.05) is 13.2 Å². The van der Waals surface area contributed by atoms with Gasteiger partial charge in [0, 0.05) is 16.2 Å². The van der Waals surface area contributed by atoms with Crippen LogP contribution in [0, 0.1) is 0 Å². The summed E-state index contributed by atoms with van der Waals surface area (Å²) in [6.07, 6.45) is 2.72. The predicted molar refractivity (Wildman–Crippen MR) is 78.6 cm³/mol. The Bertz CT molecular complexity index is 585. The quantitative estimate of drug-likeness (QED) is 0.686. The van der Waals surface area contributed by atoms with E-state index in [9.17, 15) is 4.79 Å². The van der Waals surface area contributed by atoms with Gasteiger partial charge in [-0.2, -0.15) is 5.10 Å². The molecule has 1 aromatic rings. The summed E-state index contributed by atoms with van der Waals surface area (Å²) in [5.74, 6) is 0.589. The van der Waals surface area contributed by atoms with Crippen LogP contribution >= 0.6 is 23.2 Å². The fourth-order valence-corrected chi connectivity index (χ4v) is 2.21. The van der Waals surface area contributed by atoms with E-state index in [4.69, 9.17) is 27.9 Å². The number of ether oxygens (including phenoxy) is 2. The van der Waals surface area contributed by atoms with Crippen molar-refractivity contribution in [3.05, 3.63) is 33.3 Å². The molecule has 0 radical (unpaired) electrons. The van der Waals surface area contributed by atoms with Crippen molar-refractivity contribution < 1.29 is 14.3 Å². The van der Waals surface area contributed by atoms with E-state index in [1.54, 1.807) is 19.1 Å². The standard InChI is InChI=1S/C13H12Cl2N2O3/c1-2-19-13(18)17-16-6-8-3-9-4-10(14)5-11(15)12(9)20-7-8/h3-6H,2,7H2,1H3,(H,17,18)/b16-6+. The zero-order chi connectivity index (χ0) is 14.5. The largest absolute Gasteiger partial charge is 0.487 e. The fourth-order valence-electron chi connectivity index (χ4n) is 1.64. The van der Waals surface area contributed by atoms with Gasteiger partial charge in [0.2, 0.25) is 0 Å². The van der Waals surface area contributed by atoms with Crippen LogP contribution in [0.3, 0.4) is 0 Å². The van der Waals surface area contributed by atoms with Gasteiger partial charge in [0.05, 0.1) is 17.8 Å². The number of amides is 1. The molecule has 20 heavy (non-hydrogen) atoms. The highest BCUT2D eigenvalue weighted by Gasteiger charge is 2.14. The summed E-state index contributed by atoms with van der Waals surface area (Å²) in [6, 6.07) is 3.37. The number of carbonyl (C=O) groups is 1. The third-order valence-corrected chi connectivity index (χ3v) is 2.92. The van der Waals surface area contributed by atoms with Crippen LogP contribution in [-0.4, -0.2) is 25.5 Å². The molecule has 0 saturated heterocycles. The predicted octanol–water partition coefficient (Wildman–Crippen LogP) is 3.50. The van der Waals surface area contributed by atoms with Crippen LogP contribution in [0.2, 0.25) is 10.0 Å². The first-order valence-electron chi connectivity index (χ1n) is 5.88. The summed E-state index contributed by atoms with van der Waals surface area (Å²) in [4.78, 5) is 11.0. The molecule has 0 spiro atoms. The summed E-state index contributed by atoms with van der Waals surface area (Å²) in [7, 11) is 0. The third-order valence-electron chi connectivity index (χ3n) is 2.42. The van der Waals surface area contributed by atoms with Crippen molar-refractivity contribution in [3.63, 3.8) is 0 Å². The van der Waals surface area contributed by atoms with Gasteiger partial charge in [0.1, 0.15) is 12.4 Å². The number of hydrazone groups is 1. The first-order valence-corrected chi connectivity index (χ1v) is 6.64. The van der Waals surface area contributed by atoms with Gasteiger partial charge in [0.25, 0.3) is 0 Å². The zero-order valence-electron chi connectivity index (χ0n) is 10.7. The minimum absolute atomic E-state index is 0.289. The second-order valence-electron chi connectivity index (χ2n) is 3.90. The van der Waals surface area contributed by atoms with E-state index in [0.717, 1.165) is 11.1 Å². The molecule has 0 bridgehead atoms. The molecular weight excluding hydrogens is 303 g/mol. The molecule has 0 saturated carbocycles. The second kappa shape index (κ2) is 6.63. The highest BCUT2D eigenvalue weighted by Crippen LogP contribution is 2.36. The van der Waals surface area contributed by atoms with Crippen molar-refractivity contribution in [1.29, 1.82) is 0 Å². The topological polar surface area (TPSA) is 59.9 Å². The Balaban J connectivity index is 2.09. The molecule has 2 rings (SSSR count). The number of nitrogens with zero attached hydrogens (tertiary/aromatic N) is 1.